The number of hydrogen-bond donors (Lipinski definition) is 0. The van der Waals surface area contributed by atoms with Gasteiger partial charge in [0, 0.05) is 29.8 Å². The van der Waals surface area contributed by atoms with Crippen LogP contribution in [0.3, 0.4) is 0 Å². The topological polar surface area (TPSA) is 82.4 Å². The number of hydrogen-bond acceptors (Lipinski definition) is 5. The van der Waals surface area contributed by atoms with E-state index in [4.69, 9.17) is 4.74 Å². The Morgan fingerprint density at radius 1 is 1.22 bits per heavy atom. The number of allylic oxidation sites excluding steroid dienone is 1. The summed E-state index contributed by atoms with van der Waals surface area (Å²) in [6.45, 7) is 7.64. The van der Waals surface area contributed by atoms with E-state index in [-0.39, 0.29) is 23.7 Å². The van der Waals surface area contributed by atoms with Crippen molar-refractivity contribution in [3.63, 3.8) is 0 Å². The number of sulfone groups is 1. The van der Waals surface area contributed by atoms with Gasteiger partial charge in [-0.15, -0.1) is 6.58 Å². The van der Waals surface area contributed by atoms with Crippen LogP contribution in [-0.4, -0.2) is 37.6 Å². The number of aromatic nitrogens is 1. The van der Waals surface area contributed by atoms with Crippen molar-refractivity contribution in [3.8, 4) is 0 Å². The van der Waals surface area contributed by atoms with Gasteiger partial charge in [-0.05, 0) is 37.6 Å². The highest BCUT2D eigenvalue weighted by Gasteiger charge is 2.18. The minimum absolute atomic E-state index is 0.164. The number of carbonyl (C=O) groups excluding carboxylic acids is 2. The van der Waals surface area contributed by atoms with Crippen molar-refractivity contribution in [1.29, 1.82) is 0 Å². The zero-order chi connectivity index (χ0) is 20.2. The molecule has 0 amide bonds. The van der Waals surface area contributed by atoms with E-state index in [1.165, 1.54) is 12.1 Å². The molecule has 144 valence electrons. The second kappa shape index (κ2) is 8.35. The Kier molecular flexibility index (Phi) is 6.38. The maximum atomic E-state index is 12.4. The molecule has 0 spiro atoms. The first-order chi connectivity index (χ1) is 12.6. The first-order valence-corrected chi connectivity index (χ1v) is 10.4. The van der Waals surface area contributed by atoms with Gasteiger partial charge < -0.3 is 9.30 Å². The van der Waals surface area contributed by atoms with Gasteiger partial charge in [0.2, 0.25) is 5.78 Å². The van der Waals surface area contributed by atoms with E-state index in [0.717, 1.165) is 17.6 Å². The summed E-state index contributed by atoms with van der Waals surface area (Å²) in [6.07, 6.45) is 2.87. The van der Waals surface area contributed by atoms with Crippen molar-refractivity contribution < 1.29 is 22.7 Å². The third kappa shape index (κ3) is 5.40. The minimum atomic E-state index is -3.21. The predicted molar refractivity (Wildman–Crippen MR) is 104 cm³/mol. The lowest BCUT2D eigenvalue weighted by atomic mass is 10.1. The Hall–Kier alpha value is -2.67. The quantitative estimate of drug-likeness (QED) is 0.394. The van der Waals surface area contributed by atoms with Crippen LogP contribution in [-0.2, 0) is 26.9 Å². The third-order valence-electron chi connectivity index (χ3n) is 4.11. The van der Waals surface area contributed by atoms with Gasteiger partial charge in [-0.25, -0.2) is 13.2 Å². The molecule has 0 saturated carbocycles. The molecule has 2 rings (SSSR count). The second-order valence-electron chi connectivity index (χ2n) is 6.45. The fourth-order valence-corrected chi connectivity index (χ4v) is 3.66. The van der Waals surface area contributed by atoms with Gasteiger partial charge >= 0.3 is 5.97 Å². The lowest BCUT2D eigenvalue weighted by molar-refractivity contribution is 0.0474. The van der Waals surface area contributed by atoms with E-state index in [1.54, 1.807) is 24.3 Å². The number of Topliss-reactive ketones (excluding diaryl/α,β-unsaturated/α-hetero) is 1. The van der Waals surface area contributed by atoms with E-state index in [2.05, 4.69) is 6.58 Å². The molecule has 0 N–H and O–H groups in total. The molecule has 0 atom stereocenters. The molecule has 0 saturated heterocycles. The number of nitrogens with zero attached hydrogens (tertiary/aromatic N) is 1. The molecule has 6 nitrogen and oxygen atoms in total. The van der Waals surface area contributed by atoms with Gasteiger partial charge in [-0.1, -0.05) is 18.2 Å². The molecular formula is C20H23NO5S. The highest BCUT2D eigenvalue weighted by atomic mass is 32.2. The first kappa shape index (κ1) is 20.6. The summed E-state index contributed by atoms with van der Waals surface area (Å²) in [4.78, 5) is 24.6. The maximum absolute atomic E-state index is 12.4. The van der Waals surface area contributed by atoms with Crippen LogP contribution in [0.2, 0.25) is 0 Å². The average molecular weight is 389 g/mol. The Labute approximate surface area is 159 Å². The fraction of sp³-hybridized carbons (Fsp3) is 0.300. The normalized spacial score (nSPS) is 11.2. The highest BCUT2D eigenvalue weighted by molar-refractivity contribution is 7.89. The standard InChI is InChI=1S/C20H23NO5S/c1-5-9-21-14(2)10-18(15(21)3)19(22)12-26-20(23)17-8-6-7-16(11-17)13-27(4,24)25/h5-8,10-11H,1,9,12-13H2,2-4H3. The molecule has 27 heavy (non-hydrogen) atoms. The molecule has 0 bridgehead atoms. The second-order valence-corrected chi connectivity index (χ2v) is 8.59. The summed E-state index contributed by atoms with van der Waals surface area (Å²) in [5.74, 6) is -1.12. The number of ether oxygens (including phenoxy) is 1. The summed E-state index contributed by atoms with van der Waals surface area (Å²) in [5.41, 5.74) is 2.93. The van der Waals surface area contributed by atoms with Crippen LogP contribution >= 0.6 is 0 Å². The minimum Gasteiger partial charge on any atom is -0.454 e. The highest BCUT2D eigenvalue weighted by Crippen LogP contribution is 2.16. The van der Waals surface area contributed by atoms with Gasteiger partial charge in [-0.2, -0.15) is 0 Å². The zero-order valence-corrected chi connectivity index (χ0v) is 16.5. The number of aryl methyl sites for hydroxylation is 1. The molecule has 0 aliphatic heterocycles. The van der Waals surface area contributed by atoms with Gasteiger partial charge in [0.15, 0.2) is 16.4 Å². The summed E-state index contributed by atoms with van der Waals surface area (Å²) >= 11 is 0. The van der Waals surface area contributed by atoms with Crippen LogP contribution in [0.4, 0.5) is 0 Å². The Bertz CT molecular complexity index is 986. The number of ketones is 1. The molecule has 1 aromatic heterocycles. The monoisotopic (exact) mass is 389 g/mol. The van der Waals surface area contributed by atoms with E-state index < -0.39 is 15.8 Å². The van der Waals surface area contributed by atoms with Crippen LogP contribution < -0.4 is 0 Å². The number of carbonyl (C=O) groups is 2. The summed E-state index contributed by atoms with van der Waals surface area (Å²) < 4.78 is 29.9. The van der Waals surface area contributed by atoms with Crippen LogP contribution in [0, 0.1) is 13.8 Å². The van der Waals surface area contributed by atoms with Gasteiger partial charge in [-0.3, -0.25) is 4.79 Å². The van der Waals surface area contributed by atoms with Crippen molar-refractivity contribution in [3.05, 3.63) is 71.1 Å². The van der Waals surface area contributed by atoms with Crippen molar-refractivity contribution in [1.82, 2.24) is 4.57 Å². The van der Waals surface area contributed by atoms with Crippen molar-refractivity contribution in [2.24, 2.45) is 0 Å². The van der Waals surface area contributed by atoms with Crippen LogP contribution in [0.25, 0.3) is 0 Å². The molecule has 7 heteroatoms. The molecule has 1 heterocycles. The zero-order valence-electron chi connectivity index (χ0n) is 15.7. The van der Waals surface area contributed by atoms with Crippen molar-refractivity contribution in [2.75, 3.05) is 12.9 Å². The lowest BCUT2D eigenvalue weighted by Crippen LogP contribution is -2.15. The Balaban J connectivity index is 2.07. The molecule has 1 aromatic carbocycles. The first-order valence-electron chi connectivity index (χ1n) is 8.37. The van der Waals surface area contributed by atoms with E-state index in [0.29, 0.717) is 17.7 Å². The Morgan fingerprint density at radius 2 is 1.93 bits per heavy atom. The predicted octanol–water partition coefficient (Wildman–Crippen LogP) is 2.88. The number of benzene rings is 1. The largest absolute Gasteiger partial charge is 0.454 e. The number of rotatable bonds is 8. The van der Waals surface area contributed by atoms with Crippen molar-refractivity contribution in [2.45, 2.75) is 26.1 Å². The summed E-state index contributed by atoms with van der Waals surface area (Å²) in [7, 11) is -3.21. The maximum Gasteiger partial charge on any atom is 0.338 e. The smallest absolute Gasteiger partial charge is 0.338 e. The molecule has 0 fully saturated rings. The molecule has 2 aromatic rings. The summed E-state index contributed by atoms with van der Waals surface area (Å²) in [5, 5.41) is 0. The van der Waals surface area contributed by atoms with Gasteiger partial charge in [0.25, 0.3) is 0 Å². The Morgan fingerprint density at radius 3 is 2.56 bits per heavy atom. The van der Waals surface area contributed by atoms with Crippen LogP contribution in [0.1, 0.15) is 37.7 Å². The SMILES string of the molecule is C=CCn1c(C)cc(C(=O)COC(=O)c2cccc(CS(C)(=O)=O)c2)c1C. The average Bonchev–Trinajstić information content (AvgIpc) is 2.87. The van der Waals surface area contributed by atoms with E-state index in [9.17, 15) is 18.0 Å². The molecule has 0 aliphatic carbocycles. The summed E-state index contributed by atoms with van der Waals surface area (Å²) in [6, 6.07) is 7.96. The third-order valence-corrected chi connectivity index (χ3v) is 4.97. The molecule has 0 unspecified atom stereocenters. The molecule has 0 radical (unpaired) electrons. The van der Waals surface area contributed by atoms with Crippen LogP contribution in [0.15, 0.2) is 43.0 Å². The van der Waals surface area contributed by atoms with Crippen LogP contribution in [0.5, 0.6) is 0 Å². The van der Waals surface area contributed by atoms with Gasteiger partial charge in [0.05, 0.1) is 11.3 Å². The fourth-order valence-electron chi connectivity index (χ4n) is 2.88. The van der Waals surface area contributed by atoms with E-state index >= 15 is 0 Å². The van der Waals surface area contributed by atoms with E-state index in [1.807, 2.05) is 18.4 Å². The molecular weight excluding hydrogens is 366 g/mol. The van der Waals surface area contributed by atoms with Crippen molar-refractivity contribution >= 4 is 21.6 Å². The molecule has 0 aliphatic rings. The number of esters is 1. The lowest BCUT2D eigenvalue weighted by Gasteiger charge is -2.07. The van der Waals surface area contributed by atoms with Gasteiger partial charge in [0.1, 0.15) is 0 Å².